The highest BCUT2D eigenvalue weighted by Crippen LogP contribution is 2.28. The summed E-state index contributed by atoms with van der Waals surface area (Å²) in [7, 11) is 2.11. The number of likely N-dealkylation sites (N-methyl/N-ethyl adjacent to an activating group) is 1. The van der Waals surface area contributed by atoms with Gasteiger partial charge in [-0.15, -0.1) is 0 Å². The molecule has 2 aliphatic heterocycles. The number of rotatable bonds is 3. The van der Waals surface area contributed by atoms with E-state index in [-0.39, 0.29) is 6.03 Å². The van der Waals surface area contributed by atoms with Crippen molar-refractivity contribution in [3.8, 4) is 0 Å². The lowest BCUT2D eigenvalue weighted by molar-refractivity contribution is 0.113. The summed E-state index contributed by atoms with van der Waals surface area (Å²) in [5, 5.41) is 0. The highest BCUT2D eigenvalue weighted by atomic mass is 16.2. The Balaban J connectivity index is 1.34. The molecule has 2 fully saturated rings. The van der Waals surface area contributed by atoms with Gasteiger partial charge in [0.25, 0.3) is 0 Å². The number of pyridine rings is 1. The first-order chi connectivity index (χ1) is 13.2. The average molecular weight is 368 g/mol. The second-order valence-electron chi connectivity index (χ2n) is 7.60. The summed E-state index contributed by atoms with van der Waals surface area (Å²) in [6.45, 7) is 6.06. The molecule has 0 spiro atoms. The smallest absolute Gasteiger partial charge is 0.320 e. The van der Waals surface area contributed by atoms with Crippen molar-refractivity contribution in [2.24, 2.45) is 0 Å². The molecule has 7 nitrogen and oxygen atoms in total. The summed E-state index contributed by atoms with van der Waals surface area (Å²) < 4.78 is 2.23. The van der Waals surface area contributed by atoms with Crippen LogP contribution in [0.5, 0.6) is 0 Å². The molecule has 0 radical (unpaired) electrons. The first-order valence-electron chi connectivity index (χ1n) is 9.83. The van der Waals surface area contributed by atoms with Gasteiger partial charge in [-0.3, -0.25) is 4.98 Å². The minimum atomic E-state index is 0.210. The van der Waals surface area contributed by atoms with E-state index in [1.54, 1.807) is 0 Å². The Bertz CT molecular complexity index is 745. The number of hydrogen-bond donors (Lipinski definition) is 0. The second kappa shape index (κ2) is 8.08. The van der Waals surface area contributed by atoms with Crippen molar-refractivity contribution in [3.63, 3.8) is 0 Å². The summed E-state index contributed by atoms with van der Waals surface area (Å²) in [4.78, 5) is 27.8. The molecule has 144 valence electrons. The first-order valence-corrected chi connectivity index (χ1v) is 9.83. The molecule has 27 heavy (non-hydrogen) atoms. The summed E-state index contributed by atoms with van der Waals surface area (Å²) >= 11 is 0. The molecule has 0 atom stereocenters. The number of likely N-dealkylation sites (tertiary alicyclic amines) is 1. The van der Waals surface area contributed by atoms with Gasteiger partial charge in [0.2, 0.25) is 0 Å². The van der Waals surface area contributed by atoms with Crippen LogP contribution in [0.1, 0.15) is 30.1 Å². The molecule has 0 aliphatic carbocycles. The van der Waals surface area contributed by atoms with Gasteiger partial charge >= 0.3 is 6.03 Å². The van der Waals surface area contributed by atoms with Crippen LogP contribution >= 0.6 is 0 Å². The van der Waals surface area contributed by atoms with Crippen LogP contribution in [0.3, 0.4) is 0 Å². The standard InChI is InChI=1S/C20H28N6O/c1-23-12-14-25(15-13-23)20(27)24-9-4-18(5-10-24)19-22-8-11-26(19)16-17-2-6-21-7-3-17/h2-3,6-8,11,18H,4-5,9-10,12-16H2,1H3. The number of imidazole rings is 1. The highest BCUT2D eigenvalue weighted by Gasteiger charge is 2.29. The SMILES string of the molecule is CN1CCN(C(=O)N2CCC(c3nccn3Cc3ccncc3)CC2)CC1. The number of piperidine rings is 1. The molecule has 0 saturated carbocycles. The molecule has 2 aromatic heterocycles. The molecular formula is C20H28N6O. The molecule has 7 heteroatoms. The third kappa shape index (κ3) is 4.13. The van der Waals surface area contributed by atoms with Crippen molar-refractivity contribution in [2.75, 3.05) is 46.3 Å². The highest BCUT2D eigenvalue weighted by molar-refractivity contribution is 5.74. The van der Waals surface area contributed by atoms with E-state index in [9.17, 15) is 4.79 Å². The Morgan fingerprint density at radius 3 is 2.37 bits per heavy atom. The lowest BCUT2D eigenvalue weighted by atomic mass is 9.96. The van der Waals surface area contributed by atoms with Crippen molar-refractivity contribution < 1.29 is 4.79 Å². The summed E-state index contributed by atoms with van der Waals surface area (Å²) in [6.07, 6.45) is 9.55. The van der Waals surface area contributed by atoms with Crippen LogP contribution in [-0.4, -0.2) is 81.6 Å². The van der Waals surface area contributed by atoms with E-state index in [0.29, 0.717) is 5.92 Å². The van der Waals surface area contributed by atoms with Crippen LogP contribution in [-0.2, 0) is 6.54 Å². The zero-order valence-corrected chi connectivity index (χ0v) is 16.0. The fraction of sp³-hybridized carbons (Fsp3) is 0.550. The van der Waals surface area contributed by atoms with E-state index in [1.165, 1.54) is 5.56 Å². The Kier molecular flexibility index (Phi) is 5.38. The Morgan fingerprint density at radius 1 is 1.00 bits per heavy atom. The predicted molar refractivity (Wildman–Crippen MR) is 104 cm³/mol. The van der Waals surface area contributed by atoms with Crippen molar-refractivity contribution in [3.05, 3.63) is 48.3 Å². The third-order valence-electron chi connectivity index (χ3n) is 5.75. The topological polar surface area (TPSA) is 57.5 Å². The number of amides is 2. The molecule has 0 N–H and O–H groups in total. The van der Waals surface area contributed by atoms with Crippen LogP contribution in [0.2, 0.25) is 0 Å². The van der Waals surface area contributed by atoms with Crippen molar-refractivity contribution >= 4 is 6.03 Å². The van der Waals surface area contributed by atoms with Crippen LogP contribution < -0.4 is 0 Å². The minimum absolute atomic E-state index is 0.210. The molecule has 2 aromatic rings. The first kappa shape index (κ1) is 18.0. The number of aromatic nitrogens is 3. The number of carbonyl (C=O) groups excluding carboxylic acids is 1. The number of hydrogen-bond acceptors (Lipinski definition) is 4. The van der Waals surface area contributed by atoms with Gasteiger partial charge in [-0.2, -0.15) is 0 Å². The molecular weight excluding hydrogens is 340 g/mol. The number of carbonyl (C=O) groups is 1. The average Bonchev–Trinajstić information content (AvgIpc) is 3.17. The zero-order chi connectivity index (χ0) is 18.6. The van der Waals surface area contributed by atoms with Crippen LogP contribution in [0.15, 0.2) is 36.9 Å². The number of piperazine rings is 1. The number of urea groups is 1. The van der Waals surface area contributed by atoms with Gasteiger partial charge in [0.05, 0.1) is 0 Å². The maximum atomic E-state index is 12.8. The quantitative estimate of drug-likeness (QED) is 0.830. The molecule has 4 rings (SSSR count). The molecule has 2 amide bonds. The lowest BCUT2D eigenvalue weighted by Gasteiger charge is -2.38. The Morgan fingerprint density at radius 2 is 1.67 bits per heavy atom. The zero-order valence-electron chi connectivity index (χ0n) is 16.0. The second-order valence-corrected chi connectivity index (χ2v) is 7.60. The molecule has 0 bridgehead atoms. The van der Waals surface area contributed by atoms with Crippen LogP contribution in [0.4, 0.5) is 4.79 Å². The Labute approximate surface area is 160 Å². The summed E-state index contributed by atoms with van der Waals surface area (Å²) in [6, 6.07) is 4.30. The van der Waals surface area contributed by atoms with E-state index in [2.05, 4.69) is 32.7 Å². The number of nitrogens with zero attached hydrogens (tertiary/aromatic N) is 6. The van der Waals surface area contributed by atoms with Crippen LogP contribution in [0.25, 0.3) is 0 Å². The van der Waals surface area contributed by atoms with Crippen molar-refractivity contribution in [1.29, 1.82) is 0 Å². The van der Waals surface area contributed by atoms with Gasteiger partial charge in [-0.1, -0.05) is 0 Å². The van der Waals surface area contributed by atoms with Gasteiger partial charge in [0, 0.05) is 76.5 Å². The normalized spacial score (nSPS) is 19.4. The maximum Gasteiger partial charge on any atom is 0.320 e. The van der Waals surface area contributed by atoms with Gasteiger partial charge < -0.3 is 19.3 Å². The lowest BCUT2D eigenvalue weighted by Crippen LogP contribution is -2.53. The molecule has 4 heterocycles. The van der Waals surface area contributed by atoms with Crippen molar-refractivity contribution in [1.82, 2.24) is 29.2 Å². The van der Waals surface area contributed by atoms with E-state index in [4.69, 9.17) is 0 Å². The van der Waals surface area contributed by atoms with E-state index >= 15 is 0 Å². The Hall–Kier alpha value is -2.41. The van der Waals surface area contributed by atoms with E-state index in [0.717, 1.165) is 64.5 Å². The van der Waals surface area contributed by atoms with Gasteiger partial charge in [0.15, 0.2) is 0 Å². The van der Waals surface area contributed by atoms with Gasteiger partial charge in [-0.05, 0) is 37.6 Å². The minimum Gasteiger partial charge on any atom is -0.330 e. The third-order valence-corrected chi connectivity index (χ3v) is 5.75. The molecule has 2 aliphatic rings. The fourth-order valence-corrected chi connectivity index (χ4v) is 4.03. The largest absolute Gasteiger partial charge is 0.330 e. The van der Waals surface area contributed by atoms with Crippen molar-refractivity contribution in [2.45, 2.75) is 25.3 Å². The van der Waals surface area contributed by atoms with Crippen LogP contribution in [0, 0.1) is 0 Å². The van der Waals surface area contributed by atoms with Gasteiger partial charge in [-0.25, -0.2) is 9.78 Å². The summed E-state index contributed by atoms with van der Waals surface area (Å²) in [5.41, 5.74) is 1.23. The molecule has 0 aromatic carbocycles. The maximum absolute atomic E-state index is 12.8. The summed E-state index contributed by atoms with van der Waals surface area (Å²) in [5.74, 6) is 1.55. The van der Waals surface area contributed by atoms with E-state index < -0.39 is 0 Å². The van der Waals surface area contributed by atoms with Gasteiger partial charge in [0.1, 0.15) is 5.82 Å². The molecule has 2 saturated heterocycles. The predicted octanol–water partition coefficient (Wildman–Crippen LogP) is 1.87. The monoisotopic (exact) mass is 368 g/mol. The molecule has 0 unspecified atom stereocenters. The fourth-order valence-electron chi connectivity index (χ4n) is 4.03. The van der Waals surface area contributed by atoms with E-state index in [1.807, 2.05) is 40.5 Å².